The van der Waals surface area contributed by atoms with Gasteiger partial charge in [-0.3, -0.25) is 19.7 Å². The standard InChI is InChI=1S/C20H12N2O7/c1-10-8-11(21-29-10)9-28-20(25)15-7-6-14-16(17(15)22(26)27)19(24)13-5-3-2-4-12(13)18(14)23/h2-8H,9H2,1H3. The minimum atomic E-state index is -1.01. The van der Waals surface area contributed by atoms with Crippen molar-refractivity contribution in [1.82, 2.24) is 5.16 Å². The minimum absolute atomic E-state index is 0.0525. The molecule has 4 rings (SSSR count). The Hall–Kier alpha value is -4.14. The van der Waals surface area contributed by atoms with Crippen LogP contribution in [0.4, 0.5) is 5.69 Å². The number of nitrogens with zero attached hydrogens (tertiary/aromatic N) is 2. The lowest BCUT2D eigenvalue weighted by Gasteiger charge is -2.18. The van der Waals surface area contributed by atoms with Crippen LogP contribution in [0.3, 0.4) is 0 Å². The molecule has 0 saturated carbocycles. The number of aryl methyl sites for hydroxylation is 1. The van der Waals surface area contributed by atoms with Crippen molar-refractivity contribution >= 4 is 23.2 Å². The molecule has 9 nitrogen and oxygen atoms in total. The summed E-state index contributed by atoms with van der Waals surface area (Å²) in [7, 11) is 0. The second-order valence-electron chi connectivity index (χ2n) is 6.35. The number of ketones is 2. The molecule has 3 aromatic rings. The number of esters is 1. The highest BCUT2D eigenvalue weighted by Crippen LogP contribution is 2.35. The van der Waals surface area contributed by atoms with E-state index in [4.69, 9.17) is 9.26 Å². The Morgan fingerprint density at radius 1 is 1.10 bits per heavy atom. The third kappa shape index (κ3) is 2.98. The van der Waals surface area contributed by atoms with Gasteiger partial charge in [0.2, 0.25) is 5.78 Å². The molecule has 0 aliphatic heterocycles. The zero-order valence-corrected chi connectivity index (χ0v) is 15.0. The summed E-state index contributed by atoms with van der Waals surface area (Å²) in [5, 5.41) is 15.4. The Kier molecular flexibility index (Phi) is 4.27. The number of aromatic nitrogens is 1. The molecule has 1 aliphatic carbocycles. The molecular weight excluding hydrogens is 380 g/mol. The zero-order valence-electron chi connectivity index (χ0n) is 15.0. The average Bonchev–Trinajstić information content (AvgIpc) is 3.14. The predicted molar refractivity (Wildman–Crippen MR) is 96.8 cm³/mol. The summed E-state index contributed by atoms with van der Waals surface area (Å²) >= 11 is 0. The van der Waals surface area contributed by atoms with Crippen LogP contribution in [0.15, 0.2) is 47.0 Å². The van der Waals surface area contributed by atoms with Crippen molar-refractivity contribution in [3.63, 3.8) is 0 Å². The van der Waals surface area contributed by atoms with E-state index >= 15 is 0 Å². The third-order valence-corrected chi connectivity index (χ3v) is 4.50. The van der Waals surface area contributed by atoms with Crippen LogP contribution in [0.25, 0.3) is 0 Å². The maximum Gasteiger partial charge on any atom is 0.345 e. The van der Waals surface area contributed by atoms with Gasteiger partial charge in [0.1, 0.15) is 29.2 Å². The van der Waals surface area contributed by atoms with Gasteiger partial charge in [0.05, 0.1) is 4.92 Å². The molecule has 0 bridgehead atoms. The van der Waals surface area contributed by atoms with E-state index in [-0.39, 0.29) is 23.3 Å². The van der Waals surface area contributed by atoms with E-state index in [2.05, 4.69) is 5.16 Å². The molecule has 1 aromatic heterocycles. The van der Waals surface area contributed by atoms with Crippen LogP contribution in [0, 0.1) is 17.0 Å². The van der Waals surface area contributed by atoms with E-state index in [1.165, 1.54) is 18.2 Å². The molecule has 0 amide bonds. The summed E-state index contributed by atoms with van der Waals surface area (Å²) in [6.07, 6.45) is 0. The van der Waals surface area contributed by atoms with Crippen LogP contribution in [-0.4, -0.2) is 27.6 Å². The second kappa shape index (κ2) is 6.79. The van der Waals surface area contributed by atoms with Crippen LogP contribution in [-0.2, 0) is 11.3 Å². The van der Waals surface area contributed by atoms with Gasteiger partial charge in [-0.05, 0) is 19.1 Å². The van der Waals surface area contributed by atoms with Gasteiger partial charge in [0.15, 0.2) is 5.78 Å². The lowest BCUT2D eigenvalue weighted by molar-refractivity contribution is -0.385. The van der Waals surface area contributed by atoms with Gasteiger partial charge >= 0.3 is 5.97 Å². The Bertz CT molecular complexity index is 1210. The fourth-order valence-electron chi connectivity index (χ4n) is 3.23. The SMILES string of the molecule is Cc1cc(COC(=O)c2ccc3c(c2[N+](=O)[O-])C(=O)c2ccccc2C3=O)no1. The first-order valence-corrected chi connectivity index (χ1v) is 8.47. The first-order valence-electron chi connectivity index (χ1n) is 8.47. The monoisotopic (exact) mass is 392 g/mol. The molecule has 1 heterocycles. The zero-order chi connectivity index (χ0) is 20.7. The molecule has 29 heavy (non-hydrogen) atoms. The van der Waals surface area contributed by atoms with Crippen LogP contribution in [0.2, 0.25) is 0 Å². The van der Waals surface area contributed by atoms with Gasteiger partial charge in [-0.2, -0.15) is 0 Å². The van der Waals surface area contributed by atoms with Crippen LogP contribution < -0.4 is 0 Å². The van der Waals surface area contributed by atoms with E-state index in [1.54, 1.807) is 25.1 Å². The first kappa shape index (κ1) is 18.2. The number of nitro groups is 1. The minimum Gasteiger partial charge on any atom is -0.455 e. The maximum absolute atomic E-state index is 12.9. The number of carbonyl (C=O) groups is 3. The van der Waals surface area contributed by atoms with Crippen molar-refractivity contribution in [3.05, 3.63) is 91.9 Å². The van der Waals surface area contributed by atoms with Crippen molar-refractivity contribution in [2.75, 3.05) is 0 Å². The van der Waals surface area contributed by atoms with Gasteiger partial charge in [-0.1, -0.05) is 29.4 Å². The van der Waals surface area contributed by atoms with Crippen molar-refractivity contribution in [1.29, 1.82) is 0 Å². The quantitative estimate of drug-likeness (QED) is 0.294. The largest absolute Gasteiger partial charge is 0.455 e. The van der Waals surface area contributed by atoms with Crippen molar-refractivity contribution < 1.29 is 28.6 Å². The summed E-state index contributed by atoms with van der Waals surface area (Å²) in [6, 6.07) is 9.95. The van der Waals surface area contributed by atoms with E-state index < -0.39 is 39.3 Å². The van der Waals surface area contributed by atoms with Gasteiger partial charge < -0.3 is 9.26 Å². The second-order valence-corrected chi connectivity index (χ2v) is 6.35. The number of fused-ring (bicyclic) bond motifs is 2. The van der Waals surface area contributed by atoms with Crippen molar-refractivity contribution in [2.45, 2.75) is 13.5 Å². The highest BCUT2D eigenvalue weighted by atomic mass is 16.6. The fourth-order valence-corrected chi connectivity index (χ4v) is 3.23. The summed E-state index contributed by atoms with van der Waals surface area (Å²) in [6.45, 7) is 1.40. The number of ether oxygens (including phenoxy) is 1. The Morgan fingerprint density at radius 3 is 2.41 bits per heavy atom. The molecule has 0 radical (unpaired) electrons. The number of hydrogen-bond donors (Lipinski definition) is 0. The molecule has 0 N–H and O–H groups in total. The van der Waals surface area contributed by atoms with Gasteiger partial charge in [0, 0.05) is 22.8 Å². The fraction of sp³-hybridized carbons (Fsp3) is 0.100. The number of nitro benzene ring substituents is 1. The van der Waals surface area contributed by atoms with Gasteiger partial charge in [0.25, 0.3) is 5.69 Å². The molecule has 9 heteroatoms. The molecule has 0 atom stereocenters. The summed E-state index contributed by atoms with van der Waals surface area (Å²) in [4.78, 5) is 49.0. The smallest absolute Gasteiger partial charge is 0.345 e. The molecule has 0 spiro atoms. The summed E-state index contributed by atoms with van der Waals surface area (Å²) in [5.41, 5.74) is -1.16. The molecule has 0 fully saturated rings. The van der Waals surface area contributed by atoms with Crippen LogP contribution in [0.1, 0.15) is 53.7 Å². The highest BCUT2D eigenvalue weighted by molar-refractivity contribution is 6.30. The van der Waals surface area contributed by atoms with E-state index in [0.29, 0.717) is 11.5 Å². The van der Waals surface area contributed by atoms with E-state index in [0.717, 1.165) is 6.07 Å². The molecular formula is C20H12N2O7. The first-order chi connectivity index (χ1) is 13.9. The average molecular weight is 392 g/mol. The molecule has 0 saturated heterocycles. The molecule has 1 aliphatic rings. The van der Waals surface area contributed by atoms with Gasteiger partial charge in [-0.15, -0.1) is 0 Å². The van der Waals surface area contributed by atoms with E-state index in [9.17, 15) is 24.5 Å². The van der Waals surface area contributed by atoms with Crippen molar-refractivity contribution in [3.8, 4) is 0 Å². The normalized spacial score (nSPS) is 12.3. The molecule has 2 aromatic carbocycles. The lowest BCUT2D eigenvalue weighted by Crippen LogP contribution is -2.23. The van der Waals surface area contributed by atoms with Crippen LogP contribution >= 0.6 is 0 Å². The van der Waals surface area contributed by atoms with E-state index in [1.807, 2.05) is 0 Å². The Balaban J connectivity index is 1.77. The number of benzene rings is 2. The lowest BCUT2D eigenvalue weighted by atomic mass is 9.82. The highest BCUT2D eigenvalue weighted by Gasteiger charge is 2.39. The predicted octanol–water partition coefficient (Wildman–Crippen LogP) is 3.02. The summed E-state index contributed by atoms with van der Waals surface area (Å²) < 4.78 is 9.95. The Labute approximate surface area is 163 Å². The summed E-state index contributed by atoms with van der Waals surface area (Å²) in [5.74, 6) is -1.71. The maximum atomic E-state index is 12.9. The van der Waals surface area contributed by atoms with Gasteiger partial charge in [-0.25, -0.2) is 4.79 Å². The number of hydrogen-bond acceptors (Lipinski definition) is 8. The Morgan fingerprint density at radius 2 is 1.79 bits per heavy atom. The number of rotatable bonds is 4. The molecule has 144 valence electrons. The molecule has 0 unspecified atom stereocenters. The third-order valence-electron chi connectivity index (χ3n) is 4.50. The van der Waals surface area contributed by atoms with Crippen LogP contribution in [0.5, 0.6) is 0 Å². The topological polar surface area (TPSA) is 130 Å². The number of carbonyl (C=O) groups excluding carboxylic acids is 3. The van der Waals surface area contributed by atoms with Crippen molar-refractivity contribution in [2.24, 2.45) is 0 Å².